The van der Waals surface area contributed by atoms with Gasteiger partial charge >= 0.3 is 0 Å². The first kappa shape index (κ1) is 13.2. The second-order valence-corrected chi connectivity index (χ2v) is 5.72. The van der Waals surface area contributed by atoms with Crippen molar-refractivity contribution in [2.75, 3.05) is 18.0 Å². The molecule has 0 aliphatic carbocycles. The Labute approximate surface area is 115 Å². The molecule has 0 aromatic carbocycles. The van der Waals surface area contributed by atoms with E-state index in [0.29, 0.717) is 41.8 Å². The molecule has 94 valence electrons. The highest BCUT2D eigenvalue weighted by molar-refractivity contribution is 6.42. The van der Waals surface area contributed by atoms with Crippen LogP contribution in [0, 0.1) is 0 Å². The minimum Gasteiger partial charge on any atom is -0.390 e. The van der Waals surface area contributed by atoms with Crippen LogP contribution >= 0.6 is 34.8 Å². The van der Waals surface area contributed by atoms with Gasteiger partial charge in [-0.2, -0.15) is 0 Å². The molecule has 1 aromatic heterocycles. The molecule has 0 saturated carbocycles. The fourth-order valence-corrected chi connectivity index (χ4v) is 2.47. The third kappa shape index (κ3) is 2.97. The Morgan fingerprint density at radius 3 is 2.41 bits per heavy atom. The van der Waals surface area contributed by atoms with Crippen LogP contribution < -0.4 is 4.90 Å². The maximum Gasteiger partial charge on any atom is 0.150 e. The van der Waals surface area contributed by atoms with Gasteiger partial charge in [-0.15, -0.1) is 0 Å². The van der Waals surface area contributed by atoms with Gasteiger partial charge in [0.2, 0.25) is 0 Å². The van der Waals surface area contributed by atoms with E-state index in [-0.39, 0.29) is 5.15 Å². The number of hydrogen-bond acceptors (Lipinski definition) is 3. The molecule has 0 bridgehead atoms. The summed E-state index contributed by atoms with van der Waals surface area (Å²) in [5, 5.41) is 11.0. The molecule has 0 spiro atoms. The molecule has 0 amide bonds. The highest BCUT2D eigenvalue weighted by Crippen LogP contribution is 2.33. The van der Waals surface area contributed by atoms with Crippen LogP contribution in [0.1, 0.15) is 19.8 Å². The van der Waals surface area contributed by atoms with Crippen LogP contribution in [-0.4, -0.2) is 28.8 Å². The highest BCUT2D eigenvalue weighted by atomic mass is 35.5. The van der Waals surface area contributed by atoms with Gasteiger partial charge in [0.25, 0.3) is 0 Å². The Morgan fingerprint density at radius 1 is 1.24 bits per heavy atom. The second kappa shape index (κ2) is 4.81. The number of piperidine rings is 1. The number of pyridine rings is 1. The smallest absolute Gasteiger partial charge is 0.150 e. The number of aliphatic hydroxyl groups is 1. The molecule has 1 fully saturated rings. The zero-order valence-corrected chi connectivity index (χ0v) is 11.6. The van der Waals surface area contributed by atoms with Gasteiger partial charge in [-0.1, -0.05) is 34.8 Å². The summed E-state index contributed by atoms with van der Waals surface area (Å²) in [5.41, 5.74) is -0.598. The average molecular weight is 296 g/mol. The van der Waals surface area contributed by atoms with E-state index in [2.05, 4.69) is 4.98 Å². The van der Waals surface area contributed by atoms with Crippen molar-refractivity contribution in [3.05, 3.63) is 21.3 Å². The van der Waals surface area contributed by atoms with E-state index in [1.165, 1.54) is 0 Å². The number of halogens is 3. The minimum atomic E-state index is -0.598. The molecule has 1 saturated heterocycles. The van der Waals surface area contributed by atoms with Crippen molar-refractivity contribution in [1.82, 2.24) is 4.98 Å². The molecular weight excluding hydrogens is 282 g/mol. The normalized spacial score (nSPS) is 19.5. The van der Waals surface area contributed by atoms with E-state index >= 15 is 0 Å². The molecule has 1 aromatic rings. The minimum absolute atomic E-state index is 0.253. The number of nitrogens with zero attached hydrogens (tertiary/aromatic N) is 2. The van der Waals surface area contributed by atoms with Crippen molar-refractivity contribution in [3.8, 4) is 0 Å². The van der Waals surface area contributed by atoms with E-state index < -0.39 is 5.60 Å². The van der Waals surface area contributed by atoms with E-state index in [9.17, 15) is 5.11 Å². The molecule has 1 aliphatic heterocycles. The highest BCUT2D eigenvalue weighted by Gasteiger charge is 2.29. The standard InChI is InChI=1S/C11H13Cl3N2O/c1-11(17)2-4-16(5-3-11)10-8(13)6-7(12)9(14)15-10/h6,17H,2-5H2,1H3. The third-order valence-corrected chi connectivity index (χ3v) is 3.96. The van der Waals surface area contributed by atoms with Crippen molar-refractivity contribution in [3.63, 3.8) is 0 Å². The molecule has 6 heteroatoms. The predicted octanol–water partition coefficient (Wildman–Crippen LogP) is 3.39. The number of hydrogen-bond donors (Lipinski definition) is 1. The maximum atomic E-state index is 9.88. The lowest BCUT2D eigenvalue weighted by Gasteiger charge is -2.36. The van der Waals surface area contributed by atoms with Crippen molar-refractivity contribution in [1.29, 1.82) is 0 Å². The first-order valence-corrected chi connectivity index (χ1v) is 6.51. The molecule has 3 nitrogen and oxygen atoms in total. The van der Waals surface area contributed by atoms with Crippen LogP contribution in [0.4, 0.5) is 5.82 Å². The Hall–Kier alpha value is -0.220. The Balaban J connectivity index is 2.21. The first-order chi connectivity index (χ1) is 7.89. The molecule has 2 heterocycles. The lowest BCUT2D eigenvalue weighted by molar-refractivity contribution is 0.0350. The zero-order chi connectivity index (χ0) is 12.6. The van der Waals surface area contributed by atoms with Gasteiger partial charge in [0.05, 0.1) is 15.6 Å². The summed E-state index contributed by atoms with van der Waals surface area (Å²) in [5.74, 6) is 0.636. The summed E-state index contributed by atoms with van der Waals surface area (Å²) in [7, 11) is 0. The lowest BCUT2D eigenvalue weighted by Crippen LogP contribution is -2.42. The van der Waals surface area contributed by atoms with Gasteiger partial charge < -0.3 is 10.0 Å². The average Bonchev–Trinajstić information content (AvgIpc) is 2.24. The summed E-state index contributed by atoms with van der Waals surface area (Å²) >= 11 is 17.8. The van der Waals surface area contributed by atoms with Gasteiger partial charge in [0.1, 0.15) is 11.0 Å². The Kier molecular flexibility index (Phi) is 3.74. The summed E-state index contributed by atoms with van der Waals surface area (Å²) in [6.07, 6.45) is 1.37. The van der Waals surface area contributed by atoms with Crippen LogP contribution in [0.5, 0.6) is 0 Å². The molecule has 17 heavy (non-hydrogen) atoms. The van der Waals surface area contributed by atoms with E-state index in [4.69, 9.17) is 34.8 Å². The quantitative estimate of drug-likeness (QED) is 0.807. The second-order valence-electron chi connectivity index (χ2n) is 4.55. The molecule has 0 atom stereocenters. The maximum absolute atomic E-state index is 9.88. The fourth-order valence-electron chi connectivity index (χ4n) is 1.86. The van der Waals surface area contributed by atoms with Crippen LogP contribution in [-0.2, 0) is 0 Å². The SMILES string of the molecule is CC1(O)CCN(c2nc(Cl)c(Cl)cc2Cl)CC1. The van der Waals surface area contributed by atoms with Gasteiger partial charge in [0, 0.05) is 13.1 Å². The summed E-state index contributed by atoms with van der Waals surface area (Å²) in [4.78, 5) is 6.21. The van der Waals surface area contributed by atoms with E-state index in [0.717, 1.165) is 0 Å². The van der Waals surface area contributed by atoms with Crippen LogP contribution in [0.2, 0.25) is 15.2 Å². The largest absolute Gasteiger partial charge is 0.390 e. The summed E-state index contributed by atoms with van der Waals surface area (Å²) in [6, 6.07) is 1.60. The Bertz CT molecular complexity index is 427. The molecule has 2 rings (SSSR count). The molecule has 0 unspecified atom stereocenters. The van der Waals surface area contributed by atoms with Crippen LogP contribution in [0.3, 0.4) is 0 Å². The van der Waals surface area contributed by atoms with Crippen molar-refractivity contribution >= 4 is 40.6 Å². The molecular formula is C11H13Cl3N2O. The molecule has 1 N–H and O–H groups in total. The van der Waals surface area contributed by atoms with Gasteiger partial charge in [0.15, 0.2) is 0 Å². The summed E-state index contributed by atoms with van der Waals surface area (Å²) < 4.78 is 0. The van der Waals surface area contributed by atoms with Crippen molar-refractivity contribution in [2.45, 2.75) is 25.4 Å². The van der Waals surface area contributed by atoms with Gasteiger partial charge in [-0.05, 0) is 25.8 Å². The van der Waals surface area contributed by atoms with Crippen LogP contribution in [0.25, 0.3) is 0 Å². The van der Waals surface area contributed by atoms with Crippen molar-refractivity contribution in [2.24, 2.45) is 0 Å². The van der Waals surface area contributed by atoms with Gasteiger partial charge in [-0.25, -0.2) is 4.98 Å². The predicted molar refractivity (Wildman–Crippen MR) is 71.3 cm³/mol. The number of rotatable bonds is 1. The van der Waals surface area contributed by atoms with Crippen molar-refractivity contribution < 1.29 is 5.11 Å². The number of anilines is 1. The first-order valence-electron chi connectivity index (χ1n) is 5.38. The molecule has 0 radical (unpaired) electrons. The molecule has 1 aliphatic rings. The van der Waals surface area contributed by atoms with E-state index in [1.54, 1.807) is 6.07 Å². The fraction of sp³-hybridized carbons (Fsp3) is 0.545. The lowest BCUT2D eigenvalue weighted by atomic mass is 9.94. The summed E-state index contributed by atoms with van der Waals surface area (Å²) in [6.45, 7) is 3.25. The van der Waals surface area contributed by atoms with Gasteiger partial charge in [-0.3, -0.25) is 0 Å². The Morgan fingerprint density at radius 2 is 1.82 bits per heavy atom. The van der Waals surface area contributed by atoms with E-state index in [1.807, 2.05) is 11.8 Å². The topological polar surface area (TPSA) is 36.4 Å². The monoisotopic (exact) mass is 294 g/mol. The number of aromatic nitrogens is 1. The third-order valence-electron chi connectivity index (χ3n) is 3.01. The van der Waals surface area contributed by atoms with Crippen LogP contribution in [0.15, 0.2) is 6.07 Å². The zero-order valence-electron chi connectivity index (χ0n) is 9.38.